The lowest BCUT2D eigenvalue weighted by atomic mass is 10.0. The number of anilines is 1. The zero-order valence-electron chi connectivity index (χ0n) is 14.7. The third-order valence-electron chi connectivity index (χ3n) is 3.85. The van der Waals surface area contributed by atoms with E-state index in [1.807, 2.05) is 24.3 Å². The Bertz CT molecular complexity index is 834. The molecule has 0 spiro atoms. The van der Waals surface area contributed by atoms with Crippen LogP contribution < -0.4 is 10.6 Å². The van der Waals surface area contributed by atoms with Crippen LogP contribution in [0.5, 0.6) is 0 Å². The minimum Gasteiger partial charge on any atom is -0.344 e. The number of alkyl halides is 3. The summed E-state index contributed by atoms with van der Waals surface area (Å²) in [6, 6.07) is 9.99. The number of carbonyl (C=O) groups excluding carboxylic acids is 2. The quantitative estimate of drug-likeness (QED) is 0.731. The van der Waals surface area contributed by atoms with E-state index < -0.39 is 23.6 Å². The molecule has 0 heterocycles. The van der Waals surface area contributed by atoms with Gasteiger partial charge in [0.05, 0.1) is 16.3 Å². The van der Waals surface area contributed by atoms with Gasteiger partial charge in [0.2, 0.25) is 0 Å². The van der Waals surface area contributed by atoms with Crippen LogP contribution in [0.3, 0.4) is 0 Å². The molecule has 0 aliphatic rings. The Morgan fingerprint density at radius 3 is 2.22 bits per heavy atom. The molecule has 2 N–H and O–H groups in total. The van der Waals surface area contributed by atoms with Gasteiger partial charge in [0, 0.05) is 6.54 Å². The molecular weight excluding hydrogens is 381 g/mol. The molecule has 2 amide bonds. The number of amides is 2. The summed E-state index contributed by atoms with van der Waals surface area (Å²) < 4.78 is 38.2. The Kier molecular flexibility index (Phi) is 6.49. The molecule has 2 aromatic carbocycles. The standard InChI is InChI=1S/C19H18ClF3N2O2/c1-11(2)13-5-3-12(4-6-13)10-24-17(26)18(27)25-16-9-14(19(21,22)23)7-8-15(16)20/h3-9,11H,10H2,1-2H3,(H,24,26)(H,25,27). The van der Waals surface area contributed by atoms with Crippen molar-refractivity contribution in [3.8, 4) is 0 Å². The maximum absolute atomic E-state index is 12.7. The highest BCUT2D eigenvalue weighted by Gasteiger charge is 2.31. The average Bonchev–Trinajstić information content (AvgIpc) is 2.60. The van der Waals surface area contributed by atoms with Crippen LogP contribution in [-0.4, -0.2) is 11.8 Å². The SMILES string of the molecule is CC(C)c1ccc(CNC(=O)C(=O)Nc2cc(C(F)(F)F)ccc2Cl)cc1. The fraction of sp³-hybridized carbons (Fsp3) is 0.263. The average molecular weight is 399 g/mol. The summed E-state index contributed by atoms with van der Waals surface area (Å²) in [6.07, 6.45) is -4.59. The first-order valence-electron chi connectivity index (χ1n) is 8.12. The summed E-state index contributed by atoms with van der Waals surface area (Å²) in [5.41, 5.74) is 0.667. The Balaban J connectivity index is 1.98. The van der Waals surface area contributed by atoms with E-state index in [0.717, 1.165) is 23.3 Å². The molecule has 0 unspecified atom stereocenters. The highest BCUT2D eigenvalue weighted by Crippen LogP contribution is 2.33. The molecule has 2 aromatic rings. The molecule has 8 heteroatoms. The highest BCUT2D eigenvalue weighted by molar-refractivity contribution is 6.41. The monoisotopic (exact) mass is 398 g/mol. The van der Waals surface area contributed by atoms with E-state index in [2.05, 4.69) is 24.5 Å². The summed E-state index contributed by atoms with van der Waals surface area (Å²) in [4.78, 5) is 23.8. The largest absolute Gasteiger partial charge is 0.416 e. The lowest BCUT2D eigenvalue weighted by Crippen LogP contribution is -2.35. The summed E-state index contributed by atoms with van der Waals surface area (Å²) in [5.74, 6) is -1.71. The highest BCUT2D eigenvalue weighted by atomic mass is 35.5. The molecule has 0 radical (unpaired) electrons. The van der Waals surface area contributed by atoms with Gasteiger partial charge in [0.1, 0.15) is 0 Å². The van der Waals surface area contributed by atoms with Crippen molar-refractivity contribution in [2.24, 2.45) is 0 Å². The van der Waals surface area contributed by atoms with Gasteiger partial charge in [-0.2, -0.15) is 13.2 Å². The van der Waals surface area contributed by atoms with Crippen molar-refractivity contribution >= 4 is 29.1 Å². The van der Waals surface area contributed by atoms with Gasteiger partial charge in [-0.25, -0.2) is 0 Å². The van der Waals surface area contributed by atoms with Gasteiger partial charge in [0.25, 0.3) is 0 Å². The van der Waals surface area contributed by atoms with Crippen LogP contribution in [0.1, 0.15) is 36.5 Å². The van der Waals surface area contributed by atoms with E-state index in [9.17, 15) is 22.8 Å². The number of hydrogen-bond acceptors (Lipinski definition) is 2. The molecule has 27 heavy (non-hydrogen) atoms. The van der Waals surface area contributed by atoms with Gasteiger partial charge >= 0.3 is 18.0 Å². The zero-order valence-corrected chi connectivity index (χ0v) is 15.4. The molecule has 0 bridgehead atoms. The second-order valence-corrected chi connectivity index (χ2v) is 6.63. The van der Waals surface area contributed by atoms with Gasteiger partial charge in [-0.15, -0.1) is 0 Å². The molecule has 0 aromatic heterocycles. The molecule has 0 aliphatic carbocycles. The first-order chi connectivity index (χ1) is 12.6. The van der Waals surface area contributed by atoms with E-state index >= 15 is 0 Å². The lowest BCUT2D eigenvalue weighted by molar-refractivity contribution is -0.137. The van der Waals surface area contributed by atoms with Crippen molar-refractivity contribution in [2.75, 3.05) is 5.32 Å². The van der Waals surface area contributed by atoms with Crippen molar-refractivity contribution in [1.82, 2.24) is 5.32 Å². The minimum atomic E-state index is -4.59. The van der Waals surface area contributed by atoms with Crippen LogP contribution in [0.25, 0.3) is 0 Å². The summed E-state index contributed by atoms with van der Waals surface area (Å²) in [6.45, 7) is 4.22. The Morgan fingerprint density at radius 1 is 1.04 bits per heavy atom. The van der Waals surface area contributed by atoms with Crippen LogP contribution in [-0.2, 0) is 22.3 Å². The van der Waals surface area contributed by atoms with E-state index in [0.29, 0.717) is 12.0 Å². The minimum absolute atomic E-state index is 0.103. The van der Waals surface area contributed by atoms with Gasteiger partial charge in [-0.3, -0.25) is 9.59 Å². The zero-order chi connectivity index (χ0) is 20.2. The van der Waals surface area contributed by atoms with Crippen molar-refractivity contribution in [2.45, 2.75) is 32.5 Å². The third-order valence-corrected chi connectivity index (χ3v) is 4.18. The predicted octanol–water partition coefficient (Wildman–Crippen LogP) is 4.74. The molecule has 144 valence electrons. The van der Waals surface area contributed by atoms with E-state index in [4.69, 9.17) is 11.6 Å². The molecule has 4 nitrogen and oxygen atoms in total. The molecular formula is C19H18ClF3N2O2. The van der Waals surface area contributed by atoms with Crippen molar-refractivity contribution in [3.63, 3.8) is 0 Å². The first-order valence-corrected chi connectivity index (χ1v) is 8.50. The van der Waals surface area contributed by atoms with Crippen LogP contribution in [0.15, 0.2) is 42.5 Å². The van der Waals surface area contributed by atoms with Crippen LogP contribution in [0.4, 0.5) is 18.9 Å². The molecule has 0 saturated carbocycles. The number of rotatable bonds is 4. The molecule has 0 aliphatic heterocycles. The smallest absolute Gasteiger partial charge is 0.344 e. The number of hydrogen-bond donors (Lipinski definition) is 2. The van der Waals surface area contributed by atoms with Crippen molar-refractivity contribution in [3.05, 3.63) is 64.2 Å². The number of nitrogens with one attached hydrogen (secondary N) is 2. The van der Waals surface area contributed by atoms with E-state index in [1.165, 1.54) is 0 Å². The van der Waals surface area contributed by atoms with Crippen LogP contribution in [0.2, 0.25) is 5.02 Å². The van der Waals surface area contributed by atoms with Crippen LogP contribution >= 0.6 is 11.6 Å². The van der Waals surface area contributed by atoms with Gasteiger partial charge in [0.15, 0.2) is 0 Å². The van der Waals surface area contributed by atoms with Gasteiger partial charge in [-0.05, 0) is 35.2 Å². The van der Waals surface area contributed by atoms with Gasteiger partial charge < -0.3 is 10.6 Å². The third kappa shape index (κ3) is 5.72. The normalized spacial score (nSPS) is 11.4. The maximum Gasteiger partial charge on any atom is 0.416 e. The maximum atomic E-state index is 12.7. The summed E-state index contributed by atoms with van der Waals surface area (Å²) in [5, 5.41) is 4.41. The van der Waals surface area contributed by atoms with E-state index in [1.54, 1.807) is 0 Å². The topological polar surface area (TPSA) is 58.2 Å². The number of halogens is 4. The number of carbonyl (C=O) groups is 2. The molecule has 0 atom stereocenters. The van der Waals surface area contributed by atoms with Crippen molar-refractivity contribution < 1.29 is 22.8 Å². The second-order valence-electron chi connectivity index (χ2n) is 6.23. The van der Waals surface area contributed by atoms with Crippen LogP contribution in [0, 0.1) is 0 Å². The Labute approximate surface area is 159 Å². The summed E-state index contributed by atoms with van der Waals surface area (Å²) in [7, 11) is 0. The fourth-order valence-corrected chi connectivity index (χ4v) is 2.42. The first kappa shape index (κ1) is 20.8. The Hall–Kier alpha value is -2.54. The molecule has 0 fully saturated rings. The second kappa shape index (κ2) is 8.43. The predicted molar refractivity (Wildman–Crippen MR) is 97.5 cm³/mol. The fourth-order valence-electron chi connectivity index (χ4n) is 2.26. The Morgan fingerprint density at radius 2 is 1.67 bits per heavy atom. The number of benzene rings is 2. The van der Waals surface area contributed by atoms with Crippen molar-refractivity contribution in [1.29, 1.82) is 0 Å². The summed E-state index contributed by atoms with van der Waals surface area (Å²) >= 11 is 5.79. The molecule has 2 rings (SSSR count). The lowest BCUT2D eigenvalue weighted by Gasteiger charge is -2.12. The molecule has 0 saturated heterocycles. The van der Waals surface area contributed by atoms with E-state index in [-0.39, 0.29) is 17.3 Å². The van der Waals surface area contributed by atoms with Gasteiger partial charge in [-0.1, -0.05) is 49.7 Å².